The van der Waals surface area contributed by atoms with E-state index in [-0.39, 0.29) is 17.8 Å². The van der Waals surface area contributed by atoms with Crippen LogP contribution >= 0.6 is 0 Å². The SMILES string of the molecule is O=C(Nc1ccc(C2CCCCC2)cc1)c1ccc(C(=O)Nc2nn[nH]n2)cc1. The Kier molecular flexibility index (Phi) is 5.60. The number of nitrogens with zero attached hydrogens (tertiary/aromatic N) is 3. The van der Waals surface area contributed by atoms with Gasteiger partial charge in [0.25, 0.3) is 17.8 Å². The summed E-state index contributed by atoms with van der Waals surface area (Å²) in [5, 5.41) is 18.4. The molecule has 8 nitrogen and oxygen atoms in total. The normalized spacial score (nSPS) is 14.3. The van der Waals surface area contributed by atoms with Crippen LogP contribution in [0, 0.1) is 0 Å². The molecule has 3 aromatic rings. The molecule has 0 aliphatic heterocycles. The second-order valence-corrected chi connectivity index (χ2v) is 7.18. The van der Waals surface area contributed by atoms with Crippen molar-refractivity contribution in [3.63, 3.8) is 0 Å². The maximum absolute atomic E-state index is 12.5. The molecule has 0 saturated heterocycles. The molecule has 0 unspecified atom stereocenters. The predicted octanol–water partition coefficient (Wildman–Crippen LogP) is 3.75. The van der Waals surface area contributed by atoms with Gasteiger partial charge >= 0.3 is 0 Å². The summed E-state index contributed by atoms with van der Waals surface area (Å²) in [7, 11) is 0. The lowest BCUT2D eigenvalue weighted by Crippen LogP contribution is -2.15. The minimum Gasteiger partial charge on any atom is -0.322 e. The molecule has 148 valence electrons. The number of aromatic amines is 1. The van der Waals surface area contributed by atoms with Crippen LogP contribution in [0.4, 0.5) is 11.6 Å². The van der Waals surface area contributed by atoms with Gasteiger partial charge in [-0.3, -0.25) is 14.9 Å². The van der Waals surface area contributed by atoms with Crippen LogP contribution < -0.4 is 10.6 Å². The number of H-pyrrole nitrogens is 1. The summed E-state index contributed by atoms with van der Waals surface area (Å²) in [5.74, 6) is 0.130. The molecular formula is C21H22N6O2. The standard InChI is InChI=1S/C21H22N6O2/c28-19(22-18-12-10-15(11-13-18)14-4-2-1-3-5-14)16-6-8-17(9-7-16)20(29)23-21-24-26-27-25-21/h6-14H,1-5H2,(H,22,28)(H2,23,24,25,26,27,29). The first-order valence-electron chi connectivity index (χ1n) is 9.75. The van der Waals surface area contributed by atoms with Crippen LogP contribution in [-0.2, 0) is 0 Å². The van der Waals surface area contributed by atoms with Gasteiger partial charge in [0.2, 0.25) is 0 Å². The molecule has 0 spiro atoms. The Hall–Kier alpha value is -3.55. The first-order chi connectivity index (χ1) is 14.2. The maximum Gasteiger partial charge on any atom is 0.270 e. The summed E-state index contributed by atoms with van der Waals surface area (Å²) >= 11 is 0. The molecule has 1 fully saturated rings. The van der Waals surface area contributed by atoms with Crippen molar-refractivity contribution in [3.05, 3.63) is 65.2 Å². The Balaban J connectivity index is 1.36. The third kappa shape index (κ3) is 4.66. The molecule has 0 bridgehead atoms. The Morgan fingerprint density at radius 3 is 2.03 bits per heavy atom. The van der Waals surface area contributed by atoms with Crippen LogP contribution in [-0.4, -0.2) is 32.4 Å². The lowest BCUT2D eigenvalue weighted by atomic mass is 9.84. The van der Waals surface area contributed by atoms with Crippen LogP contribution in [0.5, 0.6) is 0 Å². The molecule has 1 heterocycles. The van der Waals surface area contributed by atoms with E-state index in [9.17, 15) is 9.59 Å². The first-order valence-corrected chi connectivity index (χ1v) is 9.75. The molecule has 1 saturated carbocycles. The highest BCUT2D eigenvalue weighted by molar-refractivity contribution is 6.06. The number of benzene rings is 2. The van der Waals surface area contributed by atoms with E-state index in [1.54, 1.807) is 24.3 Å². The van der Waals surface area contributed by atoms with Crippen molar-refractivity contribution < 1.29 is 9.59 Å². The number of carbonyl (C=O) groups is 2. The van der Waals surface area contributed by atoms with E-state index in [2.05, 4.69) is 43.4 Å². The largest absolute Gasteiger partial charge is 0.322 e. The molecule has 4 rings (SSSR count). The van der Waals surface area contributed by atoms with Gasteiger partial charge in [0, 0.05) is 16.8 Å². The summed E-state index contributed by atoms with van der Waals surface area (Å²) in [4.78, 5) is 24.6. The summed E-state index contributed by atoms with van der Waals surface area (Å²) in [6, 6.07) is 14.5. The Labute approximate surface area is 168 Å². The van der Waals surface area contributed by atoms with Crippen molar-refractivity contribution >= 4 is 23.5 Å². The second kappa shape index (κ2) is 8.64. The maximum atomic E-state index is 12.5. The topological polar surface area (TPSA) is 113 Å². The number of aromatic nitrogens is 4. The third-order valence-electron chi connectivity index (χ3n) is 5.23. The smallest absolute Gasteiger partial charge is 0.270 e. The van der Waals surface area contributed by atoms with Gasteiger partial charge in [-0.2, -0.15) is 5.21 Å². The summed E-state index contributed by atoms with van der Waals surface area (Å²) in [6.07, 6.45) is 6.43. The lowest BCUT2D eigenvalue weighted by molar-refractivity contribution is 0.101. The monoisotopic (exact) mass is 390 g/mol. The number of nitrogens with one attached hydrogen (secondary N) is 3. The molecule has 0 atom stereocenters. The zero-order valence-electron chi connectivity index (χ0n) is 15.9. The number of tetrazole rings is 1. The number of hydrogen-bond donors (Lipinski definition) is 3. The van der Waals surface area contributed by atoms with Crippen molar-refractivity contribution in [1.82, 2.24) is 20.6 Å². The molecule has 1 aromatic heterocycles. The Morgan fingerprint density at radius 1 is 0.828 bits per heavy atom. The molecular weight excluding hydrogens is 368 g/mol. The quantitative estimate of drug-likeness (QED) is 0.614. The van der Waals surface area contributed by atoms with Gasteiger partial charge in [0.15, 0.2) is 0 Å². The number of amides is 2. The third-order valence-corrected chi connectivity index (χ3v) is 5.23. The van der Waals surface area contributed by atoms with Gasteiger partial charge in [0.1, 0.15) is 0 Å². The van der Waals surface area contributed by atoms with E-state index in [1.165, 1.54) is 37.7 Å². The van der Waals surface area contributed by atoms with Crippen molar-refractivity contribution in [2.45, 2.75) is 38.0 Å². The van der Waals surface area contributed by atoms with E-state index in [0.29, 0.717) is 17.0 Å². The average molecular weight is 390 g/mol. The highest BCUT2D eigenvalue weighted by Gasteiger charge is 2.15. The Bertz CT molecular complexity index is 961. The number of rotatable bonds is 5. The van der Waals surface area contributed by atoms with Crippen molar-refractivity contribution in [2.24, 2.45) is 0 Å². The molecule has 0 radical (unpaired) electrons. The molecule has 2 amide bonds. The van der Waals surface area contributed by atoms with Crippen LogP contribution in [0.2, 0.25) is 0 Å². The van der Waals surface area contributed by atoms with Crippen LogP contribution in [0.3, 0.4) is 0 Å². The molecule has 3 N–H and O–H groups in total. The van der Waals surface area contributed by atoms with Crippen molar-refractivity contribution in [1.29, 1.82) is 0 Å². The van der Waals surface area contributed by atoms with Crippen molar-refractivity contribution in [3.8, 4) is 0 Å². The summed E-state index contributed by atoms with van der Waals surface area (Å²) in [6.45, 7) is 0. The first kappa shape index (κ1) is 18.8. The molecule has 2 aromatic carbocycles. The van der Waals surface area contributed by atoms with Gasteiger partial charge in [-0.25, -0.2) is 0 Å². The van der Waals surface area contributed by atoms with Gasteiger partial charge in [-0.05, 0) is 65.9 Å². The summed E-state index contributed by atoms with van der Waals surface area (Å²) in [5.41, 5.74) is 2.97. The van der Waals surface area contributed by atoms with Crippen LogP contribution in [0.1, 0.15) is 64.3 Å². The molecule has 1 aliphatic rings. The fourth-order valence-corrected chi connectivity index (χ4v) is 3.64. The van der Waals surface area contributed by atoms with Crippen LogP contribution in [0.15, 0.2) is 48.5 Å². The zero-order valence-corrected chi connectivity index (χ0v) is 15.9. The highest BCUT2D eigenvalue weighted by Crippen LogP contribution is 2.33. The fraction of sp³-hybridized carbons (Fsp3) is 0.286. The van der Waals surface area contributed by atoms with E-state index < -0.39 is 0 Å². The van der Waals surface area contributed by atoms with Gasteiger partial charge in [-0.15, -0.1) is 5.10 Å². The lowest BCUT2D eigenvalue weighted by Gasteiger charge is -2.22. The zero-order chi connectivity index (χ0) is 20.1. The average Bonchev–Trinajstić information content (AvgIpc) is 3.28. The van der Waals surface area contributed by atoms with E-state index >= 15 is 0 Å². The van der Waals surface area contributed by atoms with Crippen molar-refractivity contribution in [2.75, 3.05) is 10.6 Å². The van der Waals surface area contributed by atoms with Crippen LogP contribution in [0.25, 0.3) is 0 Å². The highest BCUT2D eigenvalue weighted by atomic mass is 16.2. The predicted molar refractivity (Wildman–Crippen MR) is 109 cm³/mol. The number of carbonyl (C=O) groups excluding carboxylic acids is 2. The van der Waals surface area contributed by atoms with Gasteiger partial charge in [0.05, 0.1) is 0 Å². The minimum absolute atomic E-state index is 0.0912. The molecule has 8 heteroatoms. The Morgan fingerprint density at radius 2 is 1.45 bits per heavy atom. The second-order valence-electron chi connectivity index (χ2n) is 7.18. The number of hydrogen-bond acceptors (Lipinski definition) is 5. The fourth-order valence-electron chi connectivity index (χ4n) is 3.64. The van der Waals surface area contributed by atoms with Gasteiger partial charge < -0.3 is 5.32 Å². The van der Waals surface area contributed by atoms with Gasteiger partial charge in [-0.1, -0.05) is 36.5 Å². The molecule has 29 heavy (non-hydrogen) atoms. The number of anilines is 2. The molecule has 1 aliphatic carbocycles. The van der Waals surface area contributed by atoms with E-state index in [0.717, 1.165) is 5.69 Å². The minimum atomic E-state index is -0.378. The van der Waals surface area contributed by atoms with E-state index in [4.69, 9.17) is 0 Å². The van der Waals surface area contributed by atoms with E-state index in [1.807, 2.05) is 12.1 Å². The summed E-state index contributed by atoms with van der Waals surface area (Å²) < 4.78 is 0.